The van der Waals surface area contributed by atoms with Crippen LogP contribution in [-0.2, 0) is 9.53 Å². The Labute approximate surface area is 124 Å². The predicted octanol–water partition coefficient (Wildman–Crippen LogP) is 2.30. The van der Waals surface area contributed by atoms with Gasteiger partial charge in [-0.15, -0.1) is 0 Å². The molecule has 0 aromatic heterocycles. The first-order chi connectivity index (χ1) is 9.56. The average Bonchev–Trinajstić information content (AvgIpc) is 2.93. The van der Waals surface area contributed by atoms with E-state index >= 15 is 0 Å². The Morgan fingerprint density at radius 3 is 2.80 bits per heavy atom. The minimum Gasteiger partial charge on any atom is -0.388 e. The smallest absolute Gasteiger partial charge is 0.223 e. The summed E-state index contributed by atoms with van der Waals surface area (Å²) < 4.78 is 5.31. The molecule has 1 heterocycles. The van der Waals surface area contributed by atoms with E-state index in [4.69, 9.17) is 16.3 Å². The molecule has 5 heteroatoms. The lowest BCUT2D eigenvalue weighted by Gasteiger charge is -2.20. The molecule has 2 N–H and O–H groups in total. The standard InChI is InChI=1S/C15H20ClNO3/c1-10(12-6-7-20-9-12)17-15(19)8-14(18)11-2-4-13(16)5-3-11/h2-5,10,12,14,18H,6-9H2,1H3,(H,17,19). The summed E-state index contributed by atoms with van der Waals surface area (Å²) in [5, 5.41) is 13.6. The van der Waals surface area contributed by atoms with Crippen molar-refractivity contribution in [3.8, 4) is 0 Å². The van der Waals surface area contributed by atoms with Crippen molar-refractivity contribution in [2.24, 2.45) is 5.92 Å². The normalized spacial score (nSPS) is 21.4. The molecule has 1 aromatic rings. The van der Waals surface area contributed by atoms with E-state index in [1.165, 1.54) is 0 Å². The molecule has 0 spiro atoms. The van der Waals surface area contributed by atoms with Gasteiger partial charge in [0, 0.05) is 23.6 Å². The van der Waals surface area contributed by atoms with Crippen LogP contribution in [0.1, 0.15) is 31.4 Å². The highest BCUT2D eigenvalue weighted by Gasteiger charge is 2.24. The van der Waals surface area contributed by atoms with E-state index in [0.717, 1.165) is 13.0 Å². The monoisotopic (exact) mass is 297 g/mol. The Balaban J connectivity index is 1.82. The number of hydrogen-bond acceptors (Lipinski definition) is 3. The summed E-state index contributed by atoms with van der Waals surface area (Å²) in [6.07, 6.45) is 0.222. The molecule has 1 saturated heterocycles. The van der Waals surface area contributed by atoms with E-state index in [1.54, 1.807) is 24.3 Å². The highest BCUT2D eigenvalue weighted by molar-refractivity contribution is 6.30. The molecule has 1 aliphatic rings. The highest BCUT2D eigenvalue weighted by atomic mass is 35.5. The molecular formula is C15H20ClNO3. The van der Waals surface area contributed by atoms with Gasteiger partial charge in [-0.25, -0.2) is 0 Å². The minimum absolute atomic E-state index is 0.0551. The number of hydrogen-bond donors (Lipinski definition) is 2. The number of nitrogens with one attached hydrogen (secondary N) is 1. The molecule has 0 aliphatic carbocycles. The van der Waals surface area contributed by atoms with E-state index in [-0.39, 0.29) is 18.4 Å². The zero-order valence-electron chi connectivity index (χ0n) is 11.5. The number of ether oxygens (including phenoxy) is 1. The topological polar surface area (TPSA) is 58.6 Å². The Bertz CT molecular complexity index is 443. The maximum absolute atomic E-state index is 11.9. The van der Waals surface area contributed by atoms with Gasteiger partial charge in [-0.05, 0) is 31.0 Å². The van der Waals surface area contributed by atoms with Crippen LogP contribution in [-0.4, -0.2) is 30.3 Å². The van der Waals surface area contributed by atoms with Crippen LogP contribution in [0.3, 0.4) is 0 Å². The molecular weight excluding hydrogens is 278 g/mol. The quantitative estimate of drug-likeness (QED) is 0.877. The number of rotatable bonds is 5. The van der Waals surface area contributed by atoms with Crippen LogP contribution in [0.2, 0.25) is 5.02 Å². The maximum Gasteiger partial charge on any atom is 0.223 e. The summed E-state index contributed by atoms with van der Waals surface area (Å²) in [4.78, 5) is 11.9. The molecule has 4 nitrogen and oxygen atoms in total. The first-order valence-corrected chi connectivity index (χ1v) is 7.24. The van der Waals surface area contributed by atoms with Gasteiger partial charge >= 0.3 is 0 Å². The van der Waals surface area contributed by atoms with Gasteiger partial charge in [0.25, 0.3) is 0 Å². The third kappa shape index (κ3) is 4.20. The average molecular weight is 298 g/mol. The largest absolute Gasteiger partial charge is 0.388 e. The SMILES string of the molecule is CC(NC(=O)CC(O)c1ccc(Cl)cc1)C1CCOC1. The summed E-state index contributed by atoms with van der Waals surface area (Å²) in [7, 11) is 0. The second-order valence-electron chi connectivity index (χ2n) is 5.25. The molecule has 1 amide bonds. The van der Waals surface area contributed by atoms with Crippen LogP contribution in [0, 0.1) is 5.92 Å². The minimum atomic E-state index is -0.806. The molecule has 20 heavy (non-hydrogen) atoms. The van der Waals surface area contributed by atoms with E-state index < -0.39 is 6.10 Å². The second-order valence-corrected chi connectivity index (χ2v) is 5.69. The number of benzene rings is 1. The van der Waals surface area contributed by atoms with E-state index in [2.05, 4.69) is 5.32 Å². The molecule has 0 radical (unpaired) electrons. The van der Waals surface area contributed by atoms with Crippen LogP contribution in [0.25, 0.3) is 0 Å². The molecule has 0 saturated carbocycles. The molecule has 1 aliphatic heterocycles. The molecule has 0 bridgehead atoms. The lowest BCUT2D eigenvalue weighted by atomic mass is 10.00. The fourth-order valence-corrected chi connectivity index (χ4v) is 2.48. The van der Waals surface area contributed by atoms with Gasteiger partial charge in [0.15, 0.2) is 0 Å². The summed E-state index contributed by atoms with van der Waals surface area (Å²) in [6.45, 7) is 3.44. The van der Waals surface area contributed by atoms with Gasteiger partial charge < -0.3 is 15.2 Å². The Kier molecular flexibility index (Phi) is 5.40. The number of carbonyl (C=O) groups excluding carboxylic acids is 1. The van der Waals surface area contributed by atoms with Crippen molar-refractivity contribution >= 4 is 17.5 Å². The summed E-state index contributed by atoms with van der Waals surface area (Å²) in [5.41, 5.74) is 0.696. The van der Waals surface area contributed by atoms with Gasteiger partial charge in [-0.3, -0.25) is 4.79 Å². The lowest BCUT2D eigenvalue weighted by molar-refractivity contribution is -0.124. The molecule has 1 aromatic carbocycles. The van der Waals surface area contributed by atoms with E-state index in [1.807, 2.05) is 6.92 Å². The number of halogens is 1. The summed E-state index contributed by atoms with van der Waals surface area (Å²) >= 11 is 5.79. The van der Waals surface area contributed by atoms with Crippen molar-refractivity contribution in [3.05, 3.63) is 34.9 Å². The number of amides is 1. The molecule has 3 unspecified atom stereocenters. The van der Waals surface area contributed by atoms with Crippen LogP contribution in [0.15, 0.2) is 24.3 Å². The number of carbonyl (C=O) groups is 1. The van der Waals surface area contributed by atoms with Gasteiger partial charge in [-0.2, -0.15) is 0 Å². The van der Waals surface area contributed by atoms with Crippen molar-refractivity contribution in [1.29, 1.82) is 0 Å². The van der Waals surface area contributed by atoms with Crippen molar-refractivity contribution < 1.29 is 14.6 Å². The van der Waals surface area contributed by atoms with Gasteiger partial charge in [0.05, 0.1) is 19.1 Å². The van der Waals surface area contributed by atoms with E-state index in [9.17, 15) is 9.90 Å². The fourth-order valence-electron chi connectivity index (χ4n) is 2.36. The molecule has 110 valence electrons. The highest BCUT2D eigenvalue weighted by Crippen LogP contribution is 2.20. The zero-order valence-corrected chi connectivity index (χ0v) is 12.3. The van der Waals surface area contributed by atoms with Gasteiger partial charge in [0.1, 0.15) is 0 Å². The van der Waals surface area contributed by atoms with Crippen molar-refractivity contribution in [2.45, 2.75) is 31.9 Å². The number of aliphatic hydroxyl groups is 1. The first-order valence-electron chi connectivity index (χ1n) is 6.87. The maximum atomic E-state index is 11.9. The van der Waals surface area contributed by atoms with Crippen LogP contribution >= 0.6 is 11.6 Å². The molecule has 3 atom stereocenters. The second kappa shape index (κ2) is 7.07. The predicted molar refractivity (Wildman–Crippen MR) is 77.6 cm³/mol. The Hall–Kier alpha value is -1.10. The van der Waals surface area contributed by atoms with Crippen LogP contribution in [0.4, 0.5) is 0 Å². The van der Waals surface area contributed by atoms with Gasteiger partial charge in [-0.1, -0.05) is 23.7 Å². The first kappa shape index (κ1) is 15.3. The van der Waals surface area contributed by atoms with Crippen molar-refractivity contribution in [1.82, 2.24) is 5.32 Å². The zero-order chi connectivity index (χ0) is 14.5. The van der Waals surface area contributed by atoms with Crippen LogP contribution < -0.4 is 5.32 Å². The molecule has 2 rings (SSSR count). The number of aliphatic hydroxyl groups excluding tert-OH is 1. The molecule has 1 fully saturated rings. The third-order valence-corrected chi connectivity index (χ3v) is 3.95. The third-order valence-electron chi connectivity index (χ3n) is 3.69. The summed E-state index contributed by atoms with van der Waals surface area (Å²) in [5.74, 6) is 0.221. The van der Waals surface area contributed by atoms with Gasteiger partial charge in [0.2, 0.25) is 5.91 Å². The Morgan fingerprint density at radius 1 is 1.50 bits per heavy atom. The van der Waals surface area contributed by atoms with Crippen LogP contribution in [0.5, 0.6) is 0 Å². The lowest BCUT2D eigenvalue weighted by Crippen LogP contribution is -2.38. The summed E-state index contributed by atoms with van der Waals surface area (Å²) in [6, 6.07) is 6.94. The Morgan fingerprint density at radius 2 is 2.20 bits per heavy atom. The fraction of sp³-hybridized carbons (Fsp3) is 0.533. The van der Waals surface area contributed by atoms with Crippen molar-refractivity contribution in [3.63, 3.8) is 0 Å². The van der Waals surface area contributed by atoms with Crippen molar-refractivity contribution in [2.75, 3.05) is 13.2 Å². The van der Waals surface area contributed by atoms with E-state index in [0.29, 0.717) is 23.1 Å².